The van der Waals surface area contributed by atoms with Gasteiger partial charge in [0.2, 0.25) is 0 Å². The van der Waals surface area contributed by atoms with Crippen LogP contribution in [-0.4, -0.2) is 40.2 Å². The molecule has 0 amide bonds. The van der Waals surface area contributed by atoms with Crippen molar-refractivity contribution in [1.29, 1.82) is 0 Å². The van der Waals surface area contributed by atoms with E-state index in [2.05, 4.69) is 17.2 Å². The Hall–Kier alpha value is -1.81. The van der Waals surface area contributed by atoms with E-state index in [1.54, 1.807) is 6.07 Å². The second-order valence-electron chi connectivity index (χ2n) is 6.08. The SMILES string of the molecule is Cc1cc(C(=O)O)c2c(c1)c(CCN1CCCC1)cn2C. The van der Waals surface area contributed by atoms with E-state index in [-0.39, 0.29) is 0 Å². The highest BCUT2D eigenvalue weighted by molar-refractivity contribution is 6.03. The van der Waals surface area contributed by atoms with Gasteiger partial charge in [-0.25, -0.2) is 4.79 Å². The molecule has 4 heteroatoms. The maximum atomic E-state index is 11.5. The Morgan fingerprint density at radius 2 is 2.00 bits per heavy atom. The third kappa shape index (κ3) is 2.68. The van der Waals surface area contributed by atoms with Crippen LogP contribution in [0.15, 0.2) is 18.3 Å². The van der Waals surface area contributed by atoms with Crippen molar-refractivity contribution in [2.45, 2.75) is 26.2 Å². The maximum absolute atomic E-state index is 11.5. The molecule has 1 fully saturated rings. The van der Waals surface area contributed by atoms with Gasteiger partial charge >= 0.3 is 5.97 Å². The number of rotatable bonds is 4. The molecule has 0 radical (unpaired) electrons. The lowest BCUT2D eigenvalue weighted by atomic mass is 10.0. The first kappa shape index (κ1) is 14.1. The van der Waals surface area contributed by atoms with Crippen LogP contribution in [0.1, 0.15) is 34.3 Å². The van der Waals surface area contributed by atoms with Crippen LogP contribution in [0.25, 0.3) is 10.9 Å². The van der Waals surface area contributed by atoms with Crippen LogP contribution >= 0.6 is 0 Å². The summed E-state index contributed by atoms with van der Waals surface area (Å²) in [5, 5.41) is 10.5. The highest BCUT2D eigenvalue weighted by atomic mass is 16.4. The number of aromatic nitrogens is 1. The van der Waals surface area contributed by atoms with Crippen molar-refractivity contribution < 1.29 is 9.90 Å². The number of likely N-dealkylation sites (tertiary alicyclic amines) is 1. The van der Waals surface area contributed by atoms with Crippen LogP contribution in [0.4, 0.5) is 0 Å². The number of hydrogen-bond donors (Lipinski definition) is 1. The van der Waals surface area contributed by atoms with Gasteiger partial charge in [0, 0.05) is 25.2 Å². The summed E-state index contributed by atoms with van der Waals surface area (Å²) < 4.78 is 1.96. The van der Waals surface area contributed by atoms with Gasteiger partial charge in [-0.15, -0.1) is 0 Å². The summed E-state index contributed by atoms with van der Waals surface area (Å²) in [4.78, 5) is 14.0. The van der Waals surface area contributed by atoms with Crippen molar-refractivity contribution in [1.82, 2.24) is 9.47 Å². The lowest BCUT2D eigenvalue weighted by molar-refractivity contribution is 0.0698. The van der Waals surface area contributed by atoms with Crippen LogP contribution in [0, 0.1) is 6.92 Å². The lowest BCUT2D eigenvalue weighted by Crippen LogP contribution is -2.21. The molecule has 2 heterocycles. The Morgan fingerprint density at radius 3 is 2.67 bits per heavy atom. The number of nitrogens with zero attached hydrogens (tertiary/aromatic N) is 2. The van der Waals surface area contributed by atoms with Gasteiger partial charge in [0.05, 0.1) is 11.1 Å². The van der Waals surface area contributed by atoms with Gasteiger partial charge in [-0.1, -0.05) is 0 Å². The van der Waals surface area contributed by atoms with E-state index in [4.69, 9.17) is 0 Å². The number of aryl methyl sites for hydroxylation is 2. The van der Waals surface area contributed by atoms with E-state index >= 15 is 0 Å². The number of carbonyl (C=O) groups is 1. The molecular formula is C17H22N2O2. The zero-order valence-electron chi connectivity index (χ0n) is 12.7. The Labute approximate surface area is 125 Å². The number of hydrogen-bond acceptors (Lipinski definition) is 2. The minimum atomic E-state index is -0.851. The van der Waals surface area contributed by atoms with Crippen molar-refractivity contribution in [3.8, 4) is 0 Å². The molecule has 1 saturated heterocycles. The van der Waals surface area contributed by atoms with Crippen LogP contribution in [0.2, 0.25) is 0 Å². The molecule has 112 valence electrons. The third-order valence-electron chi connectivity index (χ3n) is 4.43. The van der Waals surface area contributed by atoms with Gasteiger partial charge in [0.1, 0.15) is 0 Å². The fraction of sp³-hybridized carbons (Fsp3) is 0.471. The third-order valence-corrected chi connectivity index (χ3v) is 4.43. The minimum absolute atomic E-state index is 0.403. The highest BCUT2D eigenvalue weighted by Crippen LogP contribution is 2.27. The first-order chi connectivity index (χ1) is 10.1. The standard InChI is InChI=1S/C17H22N2O2/c1-12-9-14-13(5-8-19-6-3-4-7-19)11-18(2)16(14)15(10-12)17(20)21/h9-11H,3-8H2,1-2H3,(H,20,21). The van der Waals surface area contributed by atoms with Gasteiger partial charge in [-0.3, -0.25) is 0 Å². The van der Waals surface area contributed by atoms with Gasteiger partial charge < -0.3 is 14.6 Å². The number of aromatic carboxylic acids is 1. The Kier molecular flexibility index (Phi) is 3.72. The van der Waals surface area contributed by atoms with Gasteiger partial charge in [0.25, 0.3) is 0 Å². The zero-order chi connectivity index (χ0) is 15.0. The summed E-state index contributed by atoms with van der Waals surface area (Å²) in [5.41, 5.74) is 3.50. The van der Waals surface area contributed by atoms with Crippen LogP contribution in [0.5, 0.6) is 0 Å². The van der Waals surface area contributed by atoms with Gasteiger partial charge in [0.15, 0.2) is 0 Å². The van der Waals surface area contributed by atoms with Crippen molar-refractivity contribution in [3.05, 3.63) is 35.0 Å². The molecule has 1 aliphatic rings. The molecule has 1 aromatic carbocycles. The fourth-order valence-corrected chi connectivity index (χ4v) is 3.42. The Balaban J connectivity index is 1.97. The normalized spacial score (nSPS) is 15.9. The molecule has 0 atom stereocenters. The van der Waals surface area contributed by atoms with Gasteiger partial charge in [-0.2, -0.15) is 0 Å². The molecule has 1 N–H and O–H groups in total. The van der Waals surface area contributed by atoms with Crippen LogP contribution < -0.4 is 0 Å². The molecular weight excluding hydrogens is 264 g/mol. The molecule has 0 spiro atoms. The summed E-state index contributed by atoms with van der Waals surface area (Å²) in [7, 11) is 1.93. The number of carboxylic acids is 1. The minimum Gasteiger partial charge on any atom is -0.478 e. The summed E-state index contributed by atoms with van der Waals surface area (Å²) in [6.45, 7) is 5.42. The summed E-state index contributed by atoms with van der Waals surface area (Å²) >= 11 is 0. The summed E-state index contributed by atoms with van der Waals surface area (Å²) in [6.07, 6.45) is 5.68. The molecule has 1 aliphatic heterocycles. The molecule has 4 nitrogen and oxygen atoms in total. The Bertz CT molecular complexity index is 682. The quantitative estimate of drug-likeness (QED) is 0.940. The molecule has 0 unspecified atom stereocenters. The maximum Gasteiger partial charge on any atom is 0.337 e. The number of benzene rings is 1. The van der Waals surface area contributed by atoms with Gasteiger partial charge in [-0.05, 0) is 62.5 Å². The second kappa shape index (κ2) is 5.53. The second-order valence-corrected chi connectivity index (χ2v) is 6.08. The first-order valence-electron chi connectivity index (χ1n) is 7.60. The van der Waals surface area contributed by atoms with Crippen molar-refractivity contribution in [3.63, 3.8) is 0 Å². The Morgan fingerprint density at radius 1 is 1.29 bits per heavy atom. The predicted molar refractivity (Wildman–Crippen MR) is 84.0 cm³/mol. The monoisotopic (exact) mass is 286 g/mol. The molecule has 0 bridgehead atoms. The van der Waals surface area contributed by atoms with E-state index in [1.165, 1.54) is 31.5 Å². The summed E-state index contributed by atoms with van der Waals surface area (Å²) in [5.74, 6) is -0.851. The van der Waals surface area contributed by atoms with E-state index in [0.29, 0.717) is 5.56 Å². The molecule has 0 saturated carbocycles. The lowest BCUT2D eigenvalue weighted by Gasteiger charge is -2.13. The predicted octanol–water partition coefficient (Wildman–Crippen LogP) is 2.82. The first-order valence-corrected chi connectivity index (χ1v) is 7.60. The number of fused-ring (bicyclic) bond motifs is 1. The van der Waals surface area contributed by atoms with Crippen molar-refractivity contribution in [2.75, 3.05) is 19.6 Å². The van der Waals surface area contributed by atoms with Crippen molar-refractivity contribution in [2.24, 2.45) is 7.05 Å². The molecule has 21 heavy (non-hydrogen) atoms. The van der Waals surface area contributed by atoms with E-state index in [1.807, 2.05) is 18.5 Å². The molecule has 3 rings (SSSR count). The van der Waals surface area contributed by atoms with Crippen LogP contribution in [0.3, 0.4) is 0 Å². The van der Waals surface area contributed by atoms with E-state index < -0.39 is 5.97 Å². The van der Waals surface area contributed by atoms with E-state index in [9.17, 15) is 9.90 Å². The number of carboxylic acid groups (broad SMARTS) is 1. The smallest absolute Gasteiger partial charge is 0.337 e. The van der Waals surface area contributed by atoms with Crippen LogP contribution in [-0.2, 0) is 13.5 Å². The molecule has 2 aromatic rings. The van der Waals surface area contributed by atoms with Crippen molar-refractivity contribution >= 4 is 16.9 Å². The summed E-state index contributed by atoms with van der Waals surface area (Å²) in [6, 6.07) is 3.87. The molecule has 0 aliphatic carbocycles. The average Bonchev–Trinajstić information content (AvgIpc) is 3.04. The average molecular weight is 286 g/mol. The highest BCUT2D eigenvalue weighted by Gasteiger charge is 2.17. The largest absolute Gasteiger partial charge is 0.478 e. The zero-order valence-corrected chi connectivity index (χ0v) is 12.7. The molecule has 1 aromatic heterocycles. The topological polar surface area (TPSA) is 45.5 Å². The fourth-order valence-electron chi connectivity index (χ4n) is 3.42. The van der Waals surface area contributed by atoms with E-state index in [0.717, 1.165) is 29.4 Å².